The van der Waals surface area contributed by atoms with Gasteiger partial charge in [0.15, 0.2) is 11.5 Å². The van der Waals surface area contributed by atoms with Crippen LogP contribution in [0.4, 0.5) is 0 Å². The van der Waals surface area contributed by atoms with Crippen molar-refractivity contribution in [2.75, 3.05) is 6.79 Å². The number of rotatable bonds is 4. The number of fused-ring (bicyclic) bond motifs is 2. The Labute approximate surface area is 118 Å². The monoisotopic (exact) mass is 274 g/mol. The predicted molar refractivity (Wildman–Crippen MR) is 74.5 cm³/mol. The summed E-state index contributed by atoms with van der Waals surface area (Å²) in [7, 11) is 0. The summed E-state index contributed by atoms with van der Waals surface area (Å²) in [5.41, 5.74) is 3.08. The molecular weight excluding hydrogens is 256 g/mol. The van der Waals surface area contributed by atoms with Gasteiger partial charge in [0.2, 0.25) is 6.79 Å². The molecule has 0 spiro atoms. The molecule has 2 heterocycles. The molecule has 106 valence electrons. The molecule has 4 nitrogen and oxygen atoms in total. The summed E-state index contributed by atoms with van der Waals surface area (Å²) in [6, 6.07) is 3.89. The number of ether oxygens (including phenoxy) is 3. The van der Waals surface area contributed by atoms with E-state index in [0.29, 0.717) is 6.61 Å². The first-order valence-corrected chi connectivity index (χ1v) is 7.08. The maximum atomic E-state index is 11.7. The highest BCUT2D eigenvalue weighted by Crippen LogP contribution is 2.39. The lowest BCUT2D eigenvalue weighted by Gasteiger charge is -2.11. The zero-order valence-electron chi connectivity index (χ0n) is 11.6. The van der Waals surface area contributed by atoms with E-state index >= 15 is 0 Å². The van der Waals surface area contributed by atoms with Gasteiger partial charge in [-0.15, -0.1) is 0 Å². The molecule has 0 atom stereocenters. The van der Waals surface area contributed by atoms with Gasteiger partial charge in [-0.25, -0.2) is 4.79 Å². The van der Waals surface area contributed by atoms with Crippen LogP contribution in [0.15, 0.2) is 18.2 Å². The third-order valence-electron chi connectivity index (χ3n) is 3.66. The topological polar surface area (TPSA) is 44.8 Å². The maximum absolute atomic E-state index is 11.7. The second-order valence-corrected chi connectivity index (χ2v) is 5.10. The van der Waals surface area contributed by atoms with Crippen LogP contribution < -0.4 is 9.47 Å². The smallest absolute Gasteiger partial charge is 0.331 e. The van der Waals surface area contributed by atoms with Crippen LogP contribution in [0.1, 0.15) is 43.7 Å². The molecule has 0 unspecified atom stereocenters. The van der Waals surface area contributed by atoms with Gasteiger partial charge in [-0.3, -0.25) is 0 Å². The number of hydrogen-bond acceptors (Lipinski definition) is 4. The summed E-state index contributed by atoms with van der Waals surface area (Å²) >= 11 is 0. The first kappa shape index (κ1) is 13.0. The predicted octanol–water partition coefficient (Wildman–Crippen LogP) is 3.44. The fourth-order valence-corrected chi connectivity index (χ4v) is 2.59. The summed E-state index contributed by atoms with van der Waals surface area (Å²) in [4.78, 5) is 11.7. The van der Waals surface area contributed by atoms with Crippen LogP contribution in [0.2, 0.25) is 0 Å². The Morgan fingerprint density at radius 3 is 2.70 bits per heavy atom. The number of cyclic esters (lactones) is 1. The molecule has 20 heavy (non-hydrogen) atoms. The van der Waals surface area contributed by atoms with Crippen molar-refractivity contribution in [1.29, 1.82) is 0 Å². The summed E-state index contributed by atoms with van der Waals surface area (Å²) in [5.74, 6) is 1.21. The highest BCUT2D eigenvalue weighted by atomic mass is 16.7. The van der Waals surface area contributed by atoms with Gasteiger partial charge in [0, 0.05) is 11.6 Å². The Morgan fingerprint density at radius 1 is 1.10 bits per heavy atom. The molecule has 3 rings (SSSR count). The molecule has 0 aromatic heterocycles. The minimum absolute atomic E-state index is 0.257. The molecular formula is C16H18O4. The van der Waals surface area contributed by atoms with Gasteiger partial charge in [0.1, 0.15) is 6.61 Å². The molecule has 0 radical (unpaired) electrons. The van der Waals surface area contributed by atoms with Crippen molar-refractivity contribution >= 4 is 11.5 Å². The standard InChI is InChI=1S/C16H18O4/c1-2-3-4-5-11-7-16(17)18-9-12-6-14-15(8-13(11)12)20-10-19-14/h6-8H,2-5,9-10H2,1H3. The molecule has 4 heteroatoms. The Morgan fingerprint density at radius 2 is 1.90 bits per heavy atom. The highest BCUT2D eigenvalue weighted by molar-refractivity contribution is 5.93. The molecule has 0 amide bonds. The normalized spacial score (nSPS) is 16.2. The van der Waals surface area contributed by atoms with E-state index in [4.69, 9.17) is 14.2 Å². The summed E-state index contributed by atoms with van der Waals surface area (Å²) in [5, 5.41) is 0. The zero-order valence-corrected chi connectivity index (χ0v) is 11.6. The van der Waals surface area contributed by atoms with Crippen molar-refractivity contribution in [2.24, 2.45) is 0 Å². The van der Waals surface area contributed by atoms with Crippen LogP contribution in [-0.4, -0.2) is 12.8 Å². The van der Waals surface area contributed by atoms with Gasteiger partial charge in [-0.1, -0.05) is 19.8 Å². The van der Waals surface area contributed by atoms with E-state index in [0.717, 1.165) is 53.9 Å². The average Bonchev–Trinajstić information content (AvgIpc) is 2.84. The zero-order chi connectivity index (χ0) is 13.9. The van der Waals surface area contributed by atoms with Gasteiger partial charge in [0.25, 0.3) is 0 Å². The SMILES string of the molecule is CCCCCC1=CC(=O)OCc2cc3c(cc21)OCO3. The fraction of sp³-hybridized carbons (Fsp3) is 0.438. The van der Waals surface area contributed by atoms with Crippen molar-refractivity contribution in [3.05, 3.63) is 29.3 Å². The van der Waals surface area contributed by atoms with Gasteiger partial charge in [-0.05, 0) is 36.1 Å². The Balaban J connectivity index is 1.94. The van der Waals surface area contributed by atoms with E-state index in [9.17, 15) is 4.79 Å². The van der Waals surface area contributed by atoms with Gasteiger partial charge < -0.3 is 14.2 Å². The van der Waals surface area contributed by atoms with E-state index in [2.05, 4.69) is 6.92 Å². The second kappa shape index (κ2) is 5.57. The number of allylic oxidation sites excluding steroid dienone is 1. The summed E-state index contributed by atoms with van der Waals surface area (Å²) < 4.78 is 16.0. The molecule has 0 aliphatic carbocycles. The number of carbonyl (C=O) groups excluding carboxylic acids is 1. The number of benzene rings is 1. The first-order chi connectivity index (χ1) is 9.78. The number of esters is 1. The summed E-state index contributed by atoms with van der Waals surface area (Å²) in [6.07, 6.45) is 5.89. The van der Waals surface area contributed by atoms with E-state index in [1.165, 1.54) is 0 Å². The minimum Gasteiger partial charge on any atom is -0.458 e. The van der Waals surface area contributed by atoms with E-state index in [1.807, 2.05) is 12.1 Å². The first-order valence-electron chi connectivity index (χ1n) is 7.08. The van der Waals surface area contributed by atoms with Crippen LogP contribution >= 0.6 is 0 Å². The number of carbonyl (C=O) groups is 1. The molecule has 0 saturated heterocycles. The molecule has 1 aromatic rings. The lowest BCUT2D eigenvalue weighted by atomic mass is 9.95. The Kier molecular flexibility index (Phi) is 3.63. The van der Waals surface area contributed by atoms with Crippen LogP contribution in [0, 0.1) is 0 Å². The quantitative estimate of drug-likeness (QED) is 0.623. The lowest BCUT2D eigenvalue weighted by molar-refractivity contribution is -0.138. The van der Waals surface area contributed by atoms with Crippen molar-refractivity contribution in [3.8, 4) is 11.5 Å². The molecule has 0 N–H and O–H groups in total. The van der Waals surface area contributed by atoms with Crippen LogP contribution in [0.3, 0.4) is 0 Å². The highest BCUT2D eigenvalue weighted by Gasteiger charge is 2.22. The van der Waals surface area contributed by atoms with Crippen molar-refractivity contribution < 1.29 is 19.0 Å². The Hall–Kier alpha value is -1.97. The molecule has 2 aliphatic heterocycles. The van der Waals surface area contributed by atoms with Crippen molar-refractivity contribution in [3.63, 3.8) is 0 Å². The van der Waals surface area contributed by atoms with E-state index in [-0.39, 0.29) is 12.8 Å². The Bertz CT molecular complexity index is 560. The van der Waals surface area contributed by atoms with Crippen molar-refractivity contribution in [2.45, 2.75) is 39.2 Å². The molecule has 0 saturated carbocycles. The van der Waals surface area contributed by atoms with Gasteiger partial charge in [0.05, 0.1) is 0 Å². The third kappa shape index (κ3) is 2.50. The fourth-order valence-electron chi connectivity index (χ4n) is 2.59. The lowest BCUT2D eigenvalue weighted by Crippen LogP contribution is -1.98. The largest absolute Gasteiger partial charge is 0.458 e. The minimum atomic E-state index is -0.269. The van der Waals surface area contributed by atoms with Crippen LogP contribution in [0.5, 0.6) is 11.5 Å². The molecule has 0 fully saturated rings. The molecule has 1 aromatic carbocycles. The molecule has 0 bridgehead atoms. The van der Waals surface area contributed by atoms with E-state index in [1.54, 1.807) is 6.08 Å². The van der Waals surface area contributed by atoms with E-state index < -0.39 is 0 Å². The van der Waals surface area contributed by atoms with Crippen molar-refractivity contribution in [1.82, 2.24) is 0 Å². The second-order valence-electron chi connectivity index (χ2n) is 5.10. The van der Waals surface area contributed by atoms with Gasteiger partial charge >= 0.3 is 5.97 Å². The summed E-state index contributed by atoms with van der Waals surface area (Å²) in [6.45, 7) is 2.72. The third-order valence-corrected chi connectivity index (χ3v) is 3.66. The number of unbranched alkanes of at least 4 members (excludes halogenated alkanes) is 2. The van der Waals surface area contributed by atoms with Gasteiger partial charge in [-0.2, -0.15) is 0 Å². The molecule has 2 aliphatic rings. The average molecular weight is 274 g/mol. The van der Waals surface area contributed by atoms with Crippen LogP contribution in [0.25, 0.3) is 5.57 Å². The van der Waals surface area contributed by atoms with Crippen LogP contribution in [-0.2, 0) is 16.1 Å². The maximum Gasteiger partial charge on any atom is 0.331 e. The number of hydrogen-bond donors (Lipinski definition) is 0.